The molecule has 0 unspecified atom stereocenters. The average molecular weight is 193 g/mol. The Hall–Kier alpha value is -1.07. The van der Waals surface area contributed by atoms with E-state index in [1.807, 2.05) is 12.1 Å². The fraction of sp³-hybridized carbons (Fsp3) is 0.583. The highest BCUT2D eigenvalue weighted by molar-refractivity contribution is 5.05. The van der Waals surface area contributed by atoms with Crippen LogP contribution in [0, 0.1) is 11.3 Å². The summed E-state index contributed by atoms with van der Waals surface area (Å²) >= 11 is 0. The van der Waals surface area contributed by atoms with Crippen molar-refractivity contribution in [3.05, 3.63) is 24.3 Å². The molecular formula is C12H19NO. The number of hydrogen-bond donors (Lipinski definition) is 1. The van der Waals surface area contributed by atoms with Crippen LogP contribution in [0.3, 0.4) is 0 Å². The highest BCUT2D eigenvalue weighted by Gasteiger charge is 1.93. The van der Waals surface area contributed by atoms with Gasteiger partial charge in [0.05, 0.1) is 12.2 Å². The van der Waals surface area contributed by atoms with E-state index in [0.717, 1.165) is 6.42 Å². The van der Waals surface area contributed by atoms with E-state index >= 15 is 0 Å². The lowest BCUT2D eigenvalue weighted by Gasteiger charge is -1.98. The molecule has 1 atom stereocenters. The second kappa shape index (κ2) is 10.0. The van der Waals surface area contributed by atoms with Gasteiger partial charge < -0.3 is 5.11 Å². The molecule has 0 bridgehead atoms. The predicted octanol–water partition coefficient (Wildman–Crippen LogP) is 2.95. The molecule has 0 heterocycles. The van der Waals surface area contributed by atoms with Gasteiger partial charge in [-0.15, -0.1) is 0 Å². The molecule has 1 N–H and O–H groups in total. The van der Waals surface area contributed by atoms with Crippen molar-refractivity contribution >= 4 is 0 Å². The maximum atomic E-state index is 9.29. The van der Waals surface area contributed by atoms with Crippen molar-refractivity contribution in [1.29, 1.82) is 5.26 Å². The third-order valence-corrected chi connectivity index (χ3v) is 1.91. The predicted molar refractivity (Wildman–Crippen MR) is 58.7 cm³/mol. The number of rotatable bonds is 7. The Morgan fingerprint density at radius 1 is 1.36 bits per heavy atom. The Balaban J connectivity index is 3.42. The van der Waals surface area contributed by atoms with Gasteiger partial charge in [0, 0.05) is 6.08 Å². The lowest BCUT2D eigenvalue weighted by molar-refractivity contribution is 0.227. The van der Waals surface area contributed by atoms with Crippen molar-refractivity contribution in [3.63, 3.8) is 0 Å². The normalized spacial score (nSPS) is 13.5. The van der Waals surface area contributed by atoms with E-state index in [2.05, 4.69) is 13.0 Å². The van der Waals surface area contributed by atoms with Crippen molar-refractivity contribution in [2.45, 2.75) is 45.1 Å². The molecule has 0 fully saturated rings. The molecule has 2 nitrogen and oxygen atoms in total. The maximum Gasteiger partial charge on any atom is 0.0909 e. The van der Waals surface area contributed by atoms with E-state index in [-0.39, 0.29) is 0 Å². The molecule has 0 aromatic heterocycles. The molecule has 0 spiro atoms. The van der Waals surface area contributed by atoms with Gasteiger partial charge in [0.25, 0.3) is 0 Å². The van der Waals surface area contributed by atoms with Crippen LogP contribution in [0.15, 0.2) is 24.3 Å². The lowest BCUT2D eigenvalue weighted by Crippen LogP contribution is -1.98. The smallest absolute Gasteiger partial charge is 0.0909 e. The molecule has 2 heteroatoms. The third kappa shape index (κ3) is 9.02. The first-order valence-electron chi connectivity index (χ1n) is 5.20. The fourth-order valence-electron chi connectivity index (χ4n) is 1.10. The zero-order chi connectivity index (χ0) is 10.6. The Labute approximate surface area is 86.6 Å². The van der Waals surface area contributed by atoms with Crippen molar-refractivity contribution in [2.24, 2.45) is 0 Å². The number of unbranched alkanes of at least 4 members (excludes halogenated alkanes) is 3. The summed E-state index contributed by atoms with van der Waals surface area (Å²) in [5, 5.41) is 17.5. The van der Waals surface area contributed by atoms with Crippen LogP contribution in [-0.4, -0.2) is 11.2 Å². The van der Waals surface area contributed by atoms with Crippen molar-refractivity contribution in [3.8, 4) is 6.07 Å². The van der Waals surface area contributed by atoms with E-state index in [0.29, 0.717) is 6.42 Å². The van der Waals surface area contributed by atoms with Crippen LogP contribution < -0.4 is 0 Å². The number of allylic oxidation sites excluding steroid dienone is 2. The molecule has 0 saturated heterocycles. The Morgan fingerprint density at radius 3 is 2.79 bits per heavy atom. The summed E-state index contributed by atoms with van der Waals surface area (Å²) in [5.41, 5.74) is 0. The quantitative estimate of drug-likeness (QED) is 0.384. The number of nitriles is 1. The Bertz CT molecular complexity index is 213. The monoisotopic (exact) mass is 193 g/mol. The van der Waals surface area contributed by atoms with Gasteiger partial charge in [-0.3, -0.25) is 0 Å². The van der Waals surface area contributed by atoms with Gasteiger partial charge in [-0.25, -0.2) is 0 Å². The van der Waals surface area contributed by atoms with Gasteiger partial charge in [-0.05, 0) is 25.3 Å². The summed E-state index contributed by atoms with van der Waals surface area (Å²) in [6.07, 6.45) is 11.8. The standard InChI is InChI=1S/C12H19NO/c1-2-3-4-5-6-7-9-12(14)10-8-11-13/h6-8,10,12,14H,2-5,9H2,1H3/b7-6-,10-8+/t12-/m0/s1. The first kappa shape index (κ1) is 12.9. The topological polar surface area (TPSA) is 44.0 Å². The summed E-state index contributed by atoms with van der Waals surface area (Å²) in [4.78, 5) is 0. The molecule has 0 aliphatic heterocycles. The first-order chi connectivity index (χ1) is 6.81. The van der Waals surface area contributed by atoms with Gasteiger partial charge in [-0.2, -0.15) is 5.26 Å². The number of hydrogen-bond acceptors (Lipinski definition) is 2. The molecule has 0 saturated carbocycles. The molecule has 14 heavy (non-hydrogen) atoms. The van der Waals surface area contributed by atoms with Crippen LogP contribution >= 0.6 is 0 Å². The number of nitrogens with zero attached hydrogens (tertiary/aromatic N) is 1. The van der Waals surface area contributed by atoms with Gasteiger partial charge in [0.15, 0.2) is 0 Å². The molecule has 0 amide bonds. The zero-order valence-electron chi connectivity index (χ0n) is 8.82. The maximum absolute atomic E-state index is 9.29. The minimum atomic E-state index is -0.517. The van der Waals surface area contributed by atoms with Crippen LogP contribution in [0.1, 0.15) is 39.0 Å². The lowest BCUT2D eigenvalue weighted by atomic mass is 10.1. The van der Waals surface area contributed by atoms with Crippen LogP contribution in [0.4, 0.5) is 0 Å². The molecule has 78 valence electrons. The number of aliphatic hydroxyl groups is 1. The second-order valence-electron chi connectivity index (χ2n) is 3.26. The number of aliphatic hydroxyl groups excluding tert-OH is 1. The largest absolute Gasteiger partial charge is 0.389 e. The summed E-state index contributed by atoms with van der Waals surface area (Å²) < 4.78 is 0. The van der Waals surface area contributed by atoms with Crippen LogP contribution in [0.25, 0.3) is 0 Å². The summed E-state index contributed by atoms with van der Waals surface area (Å²) in [6.45, 7) is 2.18. The van der Waals surface area contributed by atoms with Gasteiger partial charge >= 0.3 is 0 Å². The van der Waals surface area contributed by atoms with E-state index in [1.165, 1.54) is 31.4 Å². The average Bonchev–Trinajstić information content (AvgIpc) is 2.20. The zero-order valence-corrected chi connectivity index (χ0v) is 8.82. The van der Waals surface area contributed by atoms with E-state index < -0.39 is 6.10 Å². The minimum Gasteiger partial charge on any atom is -0.389 e. The minimum absolute atomic E-state index is 0.517. The highest BCUT2D eigenvalue weighted by Crippen LogP contribution is 2.01. The summed E-state index contributed by atoms with van der Waals surface area (Å²) in [6, 6.07) is 1.85. The molecule has 0 aromatic rings. The van der Waals surface area contributed by atoms with Crippen molar-refractivity contribution < 1.29 is 5.11 Å². The molecule has 0 aliphatic carbocycles. The first-order valence-corrected chi connectivity index (χ1v) is 5.20. The molecule has 0 aliphatic rings. The van der Waals surface area contributed by atoms with E-state index in [1.54, 1.807) is 0 Å². The Kier molecular flexibility index (Phi) is 9.25. The molecule has 0 rings (SSSR count). The van der Waals surface area contributed by atoms with Crippen molar-refractivity contribution in [1.82, 2.24) is 0 Å². The van der Waals surface area contributed by atoms with Gasteiger partial charge in [0.1, 0.15) is 0 Å². The summed E-state index contributed by atoms with van der Waals surface area (Å²) in [5.74, 6) is 0. The van der Waals surface area contributed by atoms with Gasteiger partial charge in [0.2, 0.25) is 0 Å². The molecular weight excluding hydrogens is 174 g/mol. The molecule has 0 aromatic carbocycles. The van der Waals surface area contributed by atoms with Crippen LogP contribution in [0.5, 0.6) is 0 Å². The van der Waals surface area contributed by atoms with Crippen molar-refractivity contribution in [2.75, 3.05) is 0 Å². The molecule has 0 radical (unpaired) electrons. The second-order valence-corrected chi connectivity index (χ2v) is 3.26. The van der Waals surface area contributed by atoms with E-state index in [4.69, 9.17) is 5.26 Å². The third-order valence-electron chi connectivity index (χ3n) is 1.91. The fourth-order valence-corrected chi connectivity index (χ4v) is 1.10. The summed E-state index contributed by atoms with van der Waals surface area (Å²) in [7, 11) is 0. The highest BCUT2D eigenvalue weighted by atomic mass is 16.3. The van der Waals surface area contributed by atoms with Crippen LogP contribution in [0.2, 0.25) is 0 Å². The Morgan fingerprint density at radius 2 is 2.14 bits per heavy atom. The SMILES string of the molecule is CCCCC/C=C\C[C@H](O)/C=C/C#N. The van der Waals surface area contributed by atoms with Gasteiger partial charge in [-0.1, -0.05) is 31.9 Å². The van der Waals surface area contributed by atoms with E-state index in [9.17, 15) is 5.11 Å². The van der Waals surface area contributed by atoms with Crippen LogP contribution in [-0.2, 0) is 0 Å².